The summed E-state index contributed by atoms with van der Waals surface area (Å²) in [5, 5.41) is 0. The van der Waals surface area contributed by atoms with Crippen LogP contribution < -0.4 is 16.2 Å². The molecule has 1 aromatic rings. The highest BCUT2D eigenvalue weighted by atomic mass is 19.1. The number of nitrogens with zero attached hydrogens (tertiary/aromatic N) is 2. The van der Waals surface area contributed by atoms with E-state index in [1.807, 2.05) is 0 Å². The van der Waals surface area contributed by atoms with Gasteiger partial charge in [-0.15, -0.1) is 0 Å². The van der Waals surface area contributed by atoms with E-state index < -0.39 is 6.03 Å². The van der Waals surface area contributed by atoms with Crippen LogP contribution in [0.25, 0.3) is 0 Å². The normalized spacial score (nSPS) is 18.1. The molecule has 1 fully saturated rings. The number of urea groups is 1. The third-order valence-corrected chi connectivity index (χ3v) is 4.16. The lowest BCUT2D eigenvalue weighted by molar-refractivity contribution is 0.191. The van der Waals surface area contributed by atoms with Gasteiger partial charge in [0.25, 0.3) is 0 Å². The van der Waals surface area contributed by atoms with Crippen LogP contribution in [0.2, 0.25) is 0 Å². The fraction of sp³-hybridized carbons (Fsp3) is 0.429. The summed E-state index contributed by atoms with van der Waals surface area (Å²) < 4.78 is 19.5. The molecule has 6 nitrogen and oxygen atoms in total. The van der Waals surface area contributed by atoms with Gasteiger partial charge in [0.1, 0.15) is 11.6 Å². The average Bonchev–Trinajstić information content (AvgIpc) is 3.17. The summed E-state index contributed by atoms with van der Waals surface area (Å²) in [6.45, 7) is 0.674. The second kappa shape index (κ2) is 4.61. The van der Waals surface area contributed by atoms with Crippen molar-refractivity contribution in [3.63, 3.8) is 0 Å². The summed E-state index contributed by atoms with van der Waals surface area (Å²) in [6, 6.07) is 2.50. The predicted molar refractivity (Wildman–Crippen MR) is 75.5 cm³/mol. The molecule has 112 valence electrons. The predicted octanol–water partition coefficient (Wildman–Crippen LogP) is 1.07. The summed E-state index contributed by atoms with van der Waals surface area (Å²) in [4.78, 5) is 17.2. The zero-order valence-electron chi connectivity index (χ0n) is 11.7. The van der Waals surface area contributed by atoms with Gasteiger partial charge in [-0.1, -0.05) is 0 Å². The van der Waals surface area contributed by atoms with Crippen LogP contribution in [-0.4, -0.2) is 30.5 Å². The highest BCUT2D eigenvalue weighted by Crippen LogP contribution is 2.54. The molecular weight excluding hydrogens is 275 g/mol. The van der Waals surface area contributed by atoms with Crippen molar-refractivity contribution in [2.75, 3.05) is 13.7 Å². The molecule has 1 heterocycles. The van der Waals surface area contributed by atoms with Crippen LogP contribution in [0.5, 0.6) is 5.75 Å². The van der Waals surface area contributed by atoms with Crippen molar-refractivity contribution < 1.29 is 13.9 Å². The first-order valence-corrected chi connectivity index (χ1v) is 6.71. The van der Waals surface area contributed by atoms with Crippen LogP contribution in [0, 0.1) is 5.82 Å². The Morgan fingerprint density at radius 2 is 2.14 bits per heavy atom. The molecule has 1 aromatic carbocycles. The number of methoxy groups -OCH3 is 1. The molecule has 0 aromatic heterocycles. The van der Waals surface area contributed by atoms with E-state index >= 15 is 0 Å². The molecule has 0 atom stereocenters. The Morgan fingerprint density at radius 1 is 1.43 bits per heavy atom. The zero-order chi connectivity index (χ0) is 15.2. The third-order valence-electron chi connectivity index (χ3n) is 4.16. The van der Waals surface area contributed by atoms with E-state index in [0.717, 1.165) is 12.8 Å². The number of benzene rings is 1. The molecular formula is C14H17FN4O2. The fourth-order valence-corrected chi connectivity index (χ4v) is 3.09. The van der Waals surface area contributed by atoms with E-state index in [2.05, 4.69) is 4.99 Å². The van der Waals surface area contributed by atoms with E-state index in [4.69, 9.17) is 16.2 Å². The molecule has 1 aliphatic heterocycles. The van der Waals surface area contributed by atoms with E-state index in [-0.39, 0.29) is 23.7 Å². The van der Waals surface area contributed by atoms with Gasteiger partial charge < -0.3 is 21.1 Å². The van der Waals surface area contributed by atoms with Crippen molar-refractivity contribution in [3.8, 4) is 5.75 Å². The van der Waals surface area contributed by atoms with Crippen LogP contribution >= 0.6 is 0 Å². The highest BCUT2D eigenvalue weighted by Gasteiger charge is 2.52. The summed E-state index contributed by atoms with van der Waals surface area (Å²) in [6.07, 6.45) is 1.69. The second-order valence-electron chi connectivity index (χ2n) is 5.56. The number of ether oxygens (including phenoxy) is 1. The van der Waals surface area contributed by atoms with Gasteiger partial charge in [-0.2, -0.15) is 4.99 Å². The number of carbonyl (C=O) groups excluding carboxylic acids is 1. The van der Waals surface area contributed by atoms with E-state index in [0.29, 0.717) is 23.4 Å². The highest BCUT2D eigenvalue weighted by molar-refractivity contribution is 5.90. The van der Waals surface area contributed by atoms with E-state index in [9.17, 15) is 9.18 Å². The SMILES string of the molecule is COc1ccc(F)c2c1CN(C(=O)N=C(N)N)CC21CC1. The fourth-order valence-electron chi connectivity index (χ4n) is 3.09. The first-order valence-electron chi connectivity index (χ1n) is 6.71. The van der Waals surface area contributed by atoms with Crippen LogP contribution in [-0.2, 0) is 12.0 Å². The van der Waals surface area contributed by atoms with Gasteiger partial charge in [-0.25, -0.2) is 9.18 Å². The molecule has 1 spiro atoms. The van der Waals surface area contributed by atoms with Gasteiger partial charge in [0.05, 0.1) is 13.7 Å². The quantitative estimate of drug-likeness (QED) is 0.598. The molecule has 7 heteroatoms. The topological polar surface area (TPSA) is 93.9 Å². The van der Waals surface area contributed by atoms with Gasteiger partial charge >= 0.3 is 6.03 Å². The number of fused-ring (bicyclic) bond motifs is 2. The maximum Gasteiger partial charge on any atom is 0.347 e. The van der Waals surface area contributed by atoms with Gasteiger partial charge in [-0.3, -0.25) is 0 Å². The van der Waals surface area contributed by atoms with Crippen LogP contribution in [0.3, 0.4) is 0 Å². The molecule has 0 radical (unpaired) electrons. The largest absolute Gasteiger partial charge is 0.496 e. The first-order chi connectivity index (χ1) is 9.97. The lowest BCUT2D eigenvalue weighted by Gasteiger charge is -2.35. The number of carbonyl (C=O) groups is 1. The van der Waals surface area contributed by atoms with Gasteiger partial charge in [0, 0.05) is 23.1 Å². The molecule has 4 N–H and O–H groups in total. The van der Waals surface area contributed by atoms with Crippen LogP contribution in [0.15, 0.2) is 17.1 Å². The molecule has 3 rings (SSSR count). The number of halogens is 1. The van der Waals surface area contributed by atoms with Crippen molar-refractivity contribution in [3.05, 3.63) is 29.1 Å². The second-order valence-corrected chi connectivity index (χ2v) is 5.56. The Labute approximate surface area is 121 Å². The molecule has 1 aliphatic carbocycles. The molecule has 0 saturated heterocycles. The van der Waals surface area contributed by atoms with Gasteiger partial charge in [-0.05, 0) is 25.0 Å². The number of hydrogen-bond donors (Lipinski definition) is 2. The summed E-state index contributed by atoms with van der Waals surface area (Å²) >= 11 is 0. The number of guanidine groups is 1. The average molecular weight is 292 g/mol. The summed E-state index contributed by atoms with van der Waals surface area (Å²) in [7, 11) is 1.53. The standard InChI is InChI=1S/C14H17FN4O2/c1-21-10-3-2-9(15)11-8(10)6-19(7-14(11)4-5-14)13(20)18-12(16)17/h2-3H,4-7H2,1H3,(H4,16,17,18,20). The number of amides is 2. The molecule has 0 bridgehead atoms. The van der Waals surface area contributed by atoms with Crippen LogP contribution in [0.1, 0.15) is 24.0 Å². The lowest BCUT2D eigenvalue weighted by atomic mass is 9.86. The Hall–Kier alpha value is -2.31. The lowest BCUT2D eigenvalue weighted by Crippen LogP contribution is -2.42. The Kier molecular flexibility index (Phi) is 3.00. The first kappa shape index (κ1) is 13.7. The molecule has 2 amide bonds. The minimum absolute atomic E-state index is 0.239. The van der Waals surface area contributed by atoms with E-state index in [1.165, 1.54) is 18.1 Å². The van der Waals surface area contributed by atoms with Gasteiger partial charge in [0.2, 0.25) is 0 Å². The van der Waals surface area contributed by atoms with Gasteiger partial charge in [0.15, 0.2) is 5.96 Å². The maximum absolute atomic E-state index is 14.2. The van der Waals surface area contributed by atoms with Crippen LogP contribution in [0.4, 0.5) is 9.18 Å². The van der Waals surface area contributed by atoms with Crippen molar-refractivity contribution in [2.45, 2.75) is 24.8 Å². The number of aliphatic imine (C=N–C) groups is 1. The Morgan fingerprint density at radius 3 is 2.71 bits per heavy atom. The van der Waals surface area contributed by atoms with Crippen molar-refractivity contribution in [1.29, 1.82) is 0 Å². The number of nitrogens with two attached hydrogens (primary N) is 2. The molecule has 2 aliphatic rings. The molecule has 1 saturated carbocycles. The minimum Gasteiger partial charge on any atom is -0.496 e. The summed E-state index contributed by atoms with van der Waals surface area (Å²) in [5.41, 5.74) is 11.6. The number of hydrogen-bond acceptors (Lipinski definition) is 2. The zero-order valence-corrected chi connectivity index (χ0v) is 11.7. The smallest absolute Gasteiger partial charge is 0.347 e. The Bertz CT molecular complexity index is 636. The molecule has 0 unspecified atom stereocenters. The maximum atomic E-state index is 14.2. The third kappa shape index (κ3) is 2.18. The van der Waals surface area contributed by atoms with E-state index in [1.54, 1.807) is 6.07 Å². The summed E-state index contributed by atoms with van der Waals surface area (Å²) in [5.74, 6) is 0.0685. The van der Waals surface area contributed by atoms with Crippen molar-refractivity contribution in [2.24, 2.45) is 16.5 Å². The Balaban J connectivity index is 2.04. The van der Waals surface area contributed by atoms with Crippen molar-refractivity contribution >= 4 is 12.0 Å². The monoisotopic (exact) mass is 292 g/mol. The minimum atomic E-state index is -0.502. The number of rotatable bonds is 1. The van der Waals surface area contributed by atoms with Crippen molar-refractivity contribution in [1.82, 2.24) is 4.90 Å². The molecule has 21 heavy (non-hydrogen) atoms.